The Kier molecular flexibility index (Phi) is 3.99. The number of aromatic nitrogens is 4. The van der Waals surface area contributed by atoms with Gasteiger partial charge in [0, 0.05) is 18.0 Å². The molecule has 0 N–H and O–H groups in total. The van der Waals surface area contributed by atoms with Crippen molar-refractivity contribution < 1.29 is 17.9 Å². The Morgan fingerprint density at radius 3 is 2.62 bits per heavy atom. The van der Waals surface area contributed by atoms with Gasteiger partial charge in [-0.3, -0.25) is 9.25 Å². The average molecular weight is 414 g/mol. The summed E-state index contributed by atoms with van der Waals surface area (Å²) in [6.07, 6.45) is 4.27. The van der Waals surface area contributed by atoms with E-state index >= 15 is 0 Å². The first kappa shape index (κ1) is 18.2. The van der Waals surface area contributed by atoms with Gasteiger partial charge >= 0.3 is 0 Å². The molecule has 0 bridgehead atoms. The van der Waals surface area contributed by atoms with Gasteiger partial charge in [0.15, 0.2) is 21.3 Å². The maximum atomic E-state index is 11.9. The summed E-state index contributed by atoms with van der Waals surface area (Å²) in [5, 5.41) is 4.69. The number of rotatable bonds is 3. The lowest BCUT2D eigenvalue weighted by Gasteiger charge is -2.13. The molecule has 2 aliphatic rings. The van der Waals surface area contributed by atoms with Crippen molar-refractivity contribution in [3.05, 3.63) is 41.5 Å². The molecule has 1 saturated heterocycles. The predicted octanol–water partition coefficient (Wildman–Crippen LogP) is 2.75. The van der Waals surface area contributed by atoms with Crippen LogP contribution in [0.5, 0.6) is 11.5 Å². The molecule has 0 radical (unpaired) electrons. The first-order valence-corrected chi connectivity index (χ1v) is 11.4. The van der Waals surface area contributed by atoms with E-state index in [9.17, 15) is 8.42 Å². The topological polar surface area (TPSA) is 88.2 Å². The monoisotopic (exact) mass is 414 g/mol. The smallest absolute Gasteiger partial charge is 0.231 e. The summed E-state index contributed by atoms with van der Waals surface area (Å²) in [6, 6.07) is 3.80. The van der Waals surface area contributed by atoms with E-state index in [0.29, 0.717) is 12.2 Å². The Morgan fingerprint density at radius 1 is 1.14 bits per heavy atom. The number of sulfone groups is 1. The van der Waals surface area contributed by atoms with Gasteiger partial charge in [0.25, 0.3) is 0 Å². The fourth-order valence-electron chi connectivity index (χ4n) is 4.29. The lowest BCUT2D eigenvalue weighted by Crippen LogP contribution is -2.14. The molecule has 1 aromatic carbocycles. The Morgan fingerprint density at radius 2 is 1.90 bits per heavy atom. The van der Waals surface area contributed by atoms with E-state index in [4.69, 9.17) is 9.47 Å². The first-order chi connectivity index (χ1) is 13.8. The largest absolute Gasteiger partial charge is 0.454 e. The van der Waals surface area contributed by atoms with Crippen LogP contribution in [0, 0.1) is 20.8 Å². The number of hydrogen-bond donors (Lipinski definition) is 0. The molecule has 1 fully saturated rings. The van der Waals surface area contributed by atoms with Gasteiger partial charge in [0.1, 0.15) is 5.82 Å². The highest BCUT2D eigenvalue weighted by molar-refractivity contribution is 7.91. The van der Waals surface area contributed by atoms with Crippen LogP contribution in [-0.4, -0.2) is 46.0 Å². The highest BCUT2D eigenvalue weighted by Crippen LogP contribution is 2.39. The maximum absolute atomic E-state index is 11.9. The molecule has 0 saturated carbocycles. The minimum Gasteiger partial charge on any atom is -0.454 e. The van der Waals surface area contributed by atoms with Gasteiger partial charge in [-0.15, -0.1) is 0 Å². The standard InChI is InChI=1S/C20H22N4O4S/c1-12-8-17-18(28-11-27-17)9-16(12)20-21-5-6-23(20)19-13(2)22-24(14(19)3)15-4-7-29(25,26)10-15/h5-6,8-9,15H,4,7,10-11H2,1-3H3. The second kappa shape index (κ2) is 6.35. The van der Waals surface area contributed by atoms with Crippen LogP contribution >= 0.6 is 0 Å². The minimum absolute atomic E-state index is 0.119. The molecule has 3 aromatic rings. The van der Waals surface area contributed by atoms with Crippen molar-refractivity contribution in [2.45, 2.75) is 33.2 Å². The van der Waals surface area contributed by atoms with Gasteiger partial charge < -0.3 is 9.47 Å². The van der Waals surface area contributed by atoms with E-state index in [1.54, 1.807) is 6.20 Å². The van der Waals surface area contributed by atoms with E-state index in [2.05, 4.69) is 10.1 Å². The molecule has 29 heavy (non-hydrogen) atoms. The summed E-state index contributed by atoms with van der Waals surface area (Å²) >= 11 is 0. The first-order valence-electron chi connectivity index (χ1n) is 9.54. The van der Waals surface area contributed by atoms with Crippen LogP contribution in [0.15, 0.2) is 24.5 Å². The predicted molar refractivity (Wildman–Crippen MR) is 107 cm³/mol. The summed E-state index contributed by atoms with van der Waals surface area (Å²) in [5.74, 6) is 2.60. The zero-order chi connectivity index (χ0) is 20.3. The molecule has 0 amide bonds. The van der Waals surface area contributed by atoms with Gasteiger partial charge in [-0.1, -0.05) is 0 Å². The summed E-state index contributed by atoms with van der Waals surface area (Å²) in [5.41, 5.74) is 4.69. The molecular weight excluding hydrogens is 392 g/mol. The Hall–Kier alpha value is -2.81. The van der Waals surface area contributed by atoms with Gasteiger partial charge in [-0.25, -0.2) is 13.4 Å². The fraction of sp³-hybridized carbons (Fsp3) is 0.400. The molecule has 0 aliphatic carbocycles. The summed E-state index contributed by atoms with van der Waals surface area (Å²) in [6.45, 7) is 6.17. The summed E-state index contributed by atoms with van der Waals surface area (Å²) < 4.78 is 38.8. The maximum Gasteiger partial charge on any atom is 0.231 e. The van der Waals surface area contributed by atoms with Crippen LogP contribution in [0.1, 0.15) is 29.4 Å². The van der Waals surface area contributed by atoms with Crippen molar-refractivity contribution in [3.63, 3.8) is 0 Å². The minimum atomic E-state index is -2.99. The highest BCUT2D eigenvalue weighted by Gasteiger charge is 2.32. The number of nitrogens with zero attached hydrogens (tertiary/aromatic N) is 4. The molecule has 2 aliphatic heterocycles. The summed E-state index contributed by atoms with van der Waals surface area (Å²) in [4.78, 5) is 4.59. The Bertz CT molecular complexity index is 1230. The van der Waals surface area contributed by atoms with Crippen LogP contribution < -0.4 is 9.47 Å². The van der Waals surface area contributed by atoms with Crippen molar-refractivity contribution in [3.8, 4) is 28.6 Å². The van der Waals surface area contributed by atoms with Gasteiger partial charge in [-0.2, -0.15) is 5.10 Å². The SMILES string of the molecule is Cc1cc2c(cc1-c1nccn1-c1c(C)nn(C3CCS(=O)(=O)C3)c1C)OCO2. The molecular formula is C20H22N4O4S. The van der Waals surface area contributed by atoms with Crippen LogP contribution in [0.3, 0.4) is 0 Å². The Balaban J connectivity index is 1.61. The number of imidazole rings is 1. The number of benzene rings is 1. The van der Waals surface area contributed by atoms with E-state index < -0.39 is 9.84 Å². The molecule has 8 nitrogen and oxygen atoms in total. The van der Waals surface area contributed by atoms with Crippen molar-refractivity contribution in [1.29, 1.82) is 0 Å². The lowest BCUT2D eigenvalue weighted by atomic mass is 10.1. The van der Waals surface area contributed by atoms with Crippen molar-refractivity contribution in [1.82, 2.24) is 19.3 Å². The van der Waals surface area contributed by atoms with Crippen molar-refractivity contribution in [2.75, 3.05) is 18.3 Å². The van der Waals surface area contributed by atoms with Crippen molar-refractivity contribution >= 4 is 9.84 Å². The molecule has 1 atom stereocenters. The zero-order valence-electron chi connectivity index (χ0n) is 16.5. The van der Waals surface area contributed by atoms with E-state index in [1.807, 2.05) is 48.3 Å². The van der Waals surface area contributed by atoms with Gasteiger partial charge in [0.05, 0.1) is 34.6 Å². The number of ether oxygens (including phenoxy) is 2. The van der Waals surface area contributed by atoms with Crippen LogP contribution in [0.2, 0.25) is 0 Å². The molecule has 5 rings (SSSR count). The lowest BCUT2D eigenvalue weighted by molar-refractivity contribution is 0.174. The van der Waals surface area contributed by atoms with E-state index in [1.165, 1.54) is 0 Å². The van der Waals surface area contributed by atoms with E-state index in [-0.39, 0.29) is 24.3 Å². The third-order valence-electron chi connectivity index (χ3n) is 5.68. The molecule has 9 heteroatoms. The highest BCUT2D eigenvalue weighted by atomic mass is 32.2. The normalized spacial score (nSPS) is 19.8. The zero-order valence-corrected chi connectivity index (χ0v) is 17.4. The van der Waals surface area contributed by atoms with Crippen LogP contribution in [-0.2, 0) is 9.84 Å². The Labute approximate surface area is 169 Å². The van der Waals surface area contributed by atoms with E-state index in [0.717, 1.165) is 39.8 Å². The fourth-order valence-corrected chi connectivity index (χ4v) is 5.99. The third-order valence-corrected chi connectivity index (χ3v) is 7.43. The van der Waals surface area contributed by atoms with Gasteiger partial charge in [-0.05, 0) is 44.9 Å². The number of fused-ring (bicyclic) bond motifs is 1. The van der Waals surface area contributed by atoms with Crippen LogP contribution in [0.4, 0.5) is 0 Å². The second-order valence-electron chi connectivity index (χ2n) is 7.66. The third kappa shape index (κ3) is 2.91. The molecule has 2 aromatic heterocycles. The molecule has 4 heterocycles. The van der Waals surface area contributed by atoms with Gasteiger partial charge in [0.2, 0.25) is 6.79 Å². The molecule has 0 spiro atoms. The second-order valence-corrected chi connectivity index (χ2v) is 9.89. The average Bonchev–Trinajstić information content (AvgIpc) is 3.41. The quantitative estimate of drug-likeness (QED) is 0.655. The molecule has 1 unspecified atom stereocenters. The van der Waals surface area contributed by atoms with Crippen LogP contribution in [0.25, 0.3) is 17.1 Å². The molecule has 152 valence electrons. The van der Waals surface area contributed by atoms with Crippen molar-refractivity contribution in [2.24, 2.45) is 0 Å². The number of hydrogen-bond acceptors (Lipinski definition) is 6. The summed E-state index contributed by atoms with van der Waals surface area (Å²) in [7, 11) is -2.99. The number of aryl methyl sites for hydroxylation is 2.